The summed E-state index contributed by atoms with van der Waals surface area (Å²) in [6, 6.07) is 4.25. The SMILES string of the molecule is O=C=NCc1ccc(O)c(O)c1. The van der Waals surface area contributed by atoms with Crippen LogP contribution >= 0.6 is 0 Å². The maximum atomic E-state index is 9.73. The van der Waals surface area contributed by atoms with Crippen molar-refractivity contribution in [2.75, 3.05) is 0 Å². The second-order valence-corrected chi connectivity index (χ2v) is 2.23. The summed E-state index contributed by atoms with van der Waals surface area (Å²) in [5.74, 6) is -0.401. The van der Waals surface area contributed by atoms with Gasteiger partial charge in [-0.25, -0.2) is 9.79 Å². The van der Waals surface area contributed by atoms with E-state index in [-0.39, 0.29) is 18.0 Å². The average molecular weight is 165 g/mol. The third-order valence-electron chi connectivity index (χ3n) is 1.37. The van der Waals surface area contributed by atoms with Crippen LogP contribution in [0.2, 0.25) is 0 Å². The van der Waals surface area contributed by atoms with E-state index < -0.39 is 0 Å². The van der Waals surface area contributed by atoms with Gasteiger partial charge in [-0.15, -0.1) is 0 Å². The second kappa shape index (κ2) is 3.55. The van der Waals surface area contributed by atoms with Crippen molar-refractivity contribution in [3.05, 3.63) is 23.8 Å². The Hall–Kier alpha value is -1.80. The van der Waals surface area contributed by atoms with Gasteiger partial charge < -0.3 is 10.2 Å². The number of phenols is 2. The Bertz CT molecular complexity index is 329. The van der Waals surface area contributed by atoms with Gasteiger partial charge in [0.25, 0.3) is 0 Å². The van der Waals surface area contributed by atoms with Gasteiger partial charge in [-0.05, 0) is 17.7 Å². The monoisotopic (exact) mass is 165 g/mol. The van der Waals surface area contributed by atoms with Crippen molar-refractivity contribution in [3.8, 4) is 11.5 Å². The van der Waals surface area contributed by atoms with Crippen LogP contribution in [0.1, 0.15) is 5.56 Å². The highest BCUT2D eigenvalue weighted by molar-refractivity contribution is 5.41. The molecule has 0 radical (unpaired) electrons. The van der Waals surface area contributed by atoms with Gasteiger partial charge in [0.2, 0.25) is 6.08 Å². The van der Waals surface area contributed by atoms with E-state index in [4.69, 9.17) is 10.2 Å². The number of isocyanates is 1. The molecule has 0 saturated carbocycles. The Morgan fingerprint density at radius 3 is 2.67 bits per heavy atom. The molecule has 0 bridgehead atoms. The number of phenolic OH excluding ortho intramolecular Hbond substituents is 2. The van der Waals surface area contributed by atoms with Crippen molar-refractivity contribution in [1.82, 2.24) is 0 Å². The molecule has 0 aromatic heterocycles. The smallest absolute Gasteiger partial charge is 0.235 e. The van der Waals surface area contributed by atoms with E-state index in [9.17, 15) is 4.79 Å². The highest BCUT2D eigenvalue weighted by atomic mass is 16.3. The number of aromatic hydroxyl groups is 2. The van der Waals surface area contributed by atoms with Gasteiger partial charge in [0.1, 0.15) is 0 Å². The fraction of sp³-hybridized carbons (Fsp3) is 0.125. The quantitative estimate of drug-likeness (QED) is 0.389. The first kappa shape index (κ1) is 8.30. The fourth-order valence-corrected chi connectivity index (χ4v) is 0.791. The predicted octanol–water partition coefficient (Wildman–Crippen LogP) is 0.934. The molecule has 0 unspecified atom stereocenters. The van der Waals surface area contributed by atoms with E-state index in [1.54, 1.807) is 6.07 Å². The molecule has 4 heteroatoms. The van der Waals surface area contributed by atoms with E-state index >= 15 is 0 Å². The third kappa shape index (κ3) is 1.84. The van der Waals surface area contributed by atoms with E-state index in [1.807, 2.05) is 0 Å². The van der Waals surface area contributed by atoms with Crippen molar-refractivity contribution < 1.29 is 15.0 Å². The van der Waals surface area contributed by atoms with E-state index in [2.05, 4.69) is 4.99 Å². The van der Waals surface area contributed by atoms with Crippen LogP contribution in [-0.4, -0.2) is 16.3 Å². The van der Waals surface area contributed by atoms with Gasteiger partial charge in [0.05, 0.1) is 6.54 Å². The highest BCUT2D eigenvalue weighted by Gasteiger charge is 1.98. The van der Waals surface area contributed by atoms with Crippen LogP contribution in [0, 0.1) is 0 Å². The number of aliphatic imine (C=N–C) groups is 1. The Labute approximate surface area is 68.8 Å². The molecule has 62 valence electrons. The first-order chi connectivity index (χ1) is 5.74. The van der Waals surface area contributed by atoms with Crippen LogP contribution < -0.4 is 0 Å². The first-order valence-electron chi connectivity index (χ1n) is 3.28. The van der Waals surface area contributed by atoms with Crippen molar-refractivity contribution in [2.45, 2.75) is 6.54 Å². The summed E-state index contributed by atoms with van der Waals surface area (Å²) < 4.78 is 0. The van der Waals surface area contributed by atoms with Gasteiger partial charge in [0, 0.05) is 0 Å². The summed E-state index contributed by atoms with van der Waals surface area (Å²) in [4.78, 5) is 13.0. The van der Waals surface area contributed by atoms with Gasteiger partial charge in [-0.3, -0.25) is 0 Å². The molecule has 4 nitrogen and oxygen atoms in total. The largest absolute Gasteiger partial charge is 0.504 e. The minimum absolute atomic E-state index is 0.164. The maximum Gasteiger partial charge on any atom is 0.235 e. The number of carbonyl (C=O) groups excluding carboxylic acids is 1. The van der Waals surface area contributed by atoms with Crippen LogP contribution in [0.25, 0.3) is 0 Å². The first-order valence-corrected chi connectivity index (χ1v) is 3.28. The molecule has 1 rings (SSSR count). The minimum Gasteiger partial charge on any atom is -0.504 e. The molecule has 0 amide bonds. The Balaban J connectivity index is 2.89. The zero-order chi connectivity index (χ0) is 8.97. The van der Waals surface area contributed by atoms with Crippen molar-refractivity contribution in [1.29, 1.82) is 0 Å². The van der Waals surface area contributed by atoms with Crippen LogP contribution in [0.4, 0.5) is 0 Å². The van der Waals surface area contributed by atoms with Gasteiger partial charge in [-0.2, -0.15) is 0 Å². The van der Waals surface area contributed by atoms with Gasteiger partial charge in [0.15, 0.2) is 11.5 Å². The topological polar surface area (TPSA) is 69.9 Å². The summed E-state index contributed by atoms with van der Waals surface area (Å²) in [7, 11) is 0. The number of hydrogen-bond acceptors (Lipinski definition) is 4. The van der Waals surface area contributed by atoms with Gasteiger partial charge in [-0.1, -0.05) is 6.07 Å². The average Bonchev–Trinajstić information content (AvgIpc) is 2.07. The van der Waals surface area contributed by atoms with E-state index in [1.165, 1.54) is 18.2 Å². The minimum atomic E-state index is -0.214. The molecule has 0 fully saturated rings. The van der Waals surface area contributed by atoms with Crippen LogP contribution in [0.3, 0.4) is 0 Å². The van der Waals surface area contributed by atoms with Crippen molar-refractivity contribution >= 4 is 6.08 Å². The molecule has 1 aromatic rings. The van der Waals surface area contributed by atoms with E-state index in [0.29, 0.717) is 5.56 Å². The summed E-state index contributed by atoms with van der Waals surface area (Å²) in [5, 5.41) is 17.9. The highest BCUT2D eigenvalue weighted by Crippen LogP contribution is 2.24. The Kier molecular flexibility index (Phi) is 2.46. The molecular weight excluding hydrogens is 158 g/mol. The molecule has 0 aliphatic heterocycles. The van der Waals surface area contributed by atoms with Crippen molar-refractivity contribution in [2.24, 2.45) is 4.99 Å². The molecular formula is C8H7NO3. The zero-order valence-corrected chi connectivity index (χ0v) is 6.19. The molecule has 0 atom stereocenters. The van der Waals surface area contributed by atoms with Crippen LogP contribution in [0.5, 0.6) is 11.5 Å². The van der Waals surface area contributed by atoms with Crippen LogP contribution in [-0.2, 0) is 11.3 Å². The lowest BCUT2D eigenvalue weighted by Crippen LogP contribution is -1.80. The summed E-state index contributed by atoms with van der Waals surface area (Å²) in [6.07, 6.45) is 1.38. The second-order valence-electron chi connectivity index (χ2n) is 2.23. The summed E-state index contributed by atoms with van der Waals surface area (Å²) in [6.45, 7) is 0.164. The summed E-state index contributed by atoms with van der Waals surface area (Å²) in [5.41, 5.74) is 0.647. The number of nitrogens with zero attached hydrogens (tertiary/aromatic N) is 1. The molecule has 0 aliphatic rings. The summed E-state index contributed by atoms with van der Waals surface area (Å²) >= 11 is 0. The van der Waals surface area contributed by atoms with E-state index in [0.717, 1.165) is 0 Å². The van der Waals surface area contributed by atoms with Crippen molar-refractivity contribution in [3.63, 3.8) is 0 Å². The molecule has 1 aromatic carbocycles. The number of benzene rings is 1. The molecule has 2 N–H and O–H groups in total. The number of hydrogen-bond donors (Lipinski definition) is 2. The molecule has 0 aliphatic carbocycles. The predicted molar refractivity (Wildman–Crippen MR) is 41.6 cm³/mol. The lowest BCUT2D eigenvalue weighted by atomic mass is 10.2. The molecule has 12 heavy (non-hydrogen) atoms. The standard InChI is InChI=1S/C8H7NO3/c10-5-9-4-6-1-2-7(11)8(12)3-6/h1-3,11-12H,4H2. The normalized spacial score (nSPS) is 9.00. The molecule has 0 heterocycles. The molecule has 0 spiro atoms. The maximum absolute atomic E-state index is 9.73. The lowest BCUT2D eigenvalue weighted by Gasteiger charge is -1.98. The molecule has 0 saturated heterocycles. The lowest BCUT2D eigenvalue weighted by molar-refractivity contribution is 0.403. The third-order valence-corrected chi connectivity index (χ3v) is 1.37. The van der Waals surface area contributed by atoms with Crippen LogP contribution in [0.15, 0.2) is 23.2 Å². The Morgan fingerprint density at radius 2 is 2.08 bits per heavy atom. The number of rotatable bonds is 2. The Morgan fingerprint density at radius 1 is 1.33 bits per heavy atom. The fourth-order valence-electron chi connectivity index (χ4n) is 0.791. The van der Waals surface area contributed by atoms with Gasteiger partial charge >= 0.3 is 0 Å². The zero-order valence-electron chi connectivity index (χ0n) is 6.19.